The number of hydrogen-bond donors (Lipinski definition) is 0. The Morgan fingerprint density at radius 1 is 1.16 bits per heavy atom. The summed E-state index contributed by atoms with van der Waals surface area (Å²) >= 11 is 16.2. The van der Waals surface area contributed by atoms with Gasteiger partial charge in [0.05, 0.1) is 17.5 Å². The van der Waals surface area contributed by atoms with Crippen LogP contribution in [0, 0.1) is 6.92 Å². The van der Waals surface area contributed by atoms with Gasteiger partial charge < -0.3 is 4.74 Å². The zero-order chi connectivity index (χ0) is 14.0. The molecule has 0 N–H and O–H groups in total. The van der Waals surface area contributed by atoms with Crippen molar-refractivity contribution in [2.24, 2.45) is 0 Å². The van der Waals surface area contributed by atoms with Crippen LogP contribution in [0.3, 0.4) is 0 Å². The van der Waals surface area contributed by atoms with Crippen LogP contribution < -0.4 is 4.74 Å². The zero-order valence-corrected chi connectivity index (χ0v) is 13.7. The quantitative estimate of drug-likeness (QED) is 0.634. The summed E-state index contributed by atoms with van der Waals surface area (Å²) in [7, 11) is 1.59. The molecule has 0 radical (unpaired) electrons. The standard InChI is InChI=1S/C15H13BrCl2O/c1-9-3-5-12(16)11(7-9)15(18)10-4-6-14(19-2)13(17)8-10/h3-8,15H,1-2H3. The summed E-state index contributed by atoms with van der Waals surface area (Å²) in [6, 6.07) is 11.7. The summed E-state index contributed by atoms with van der Waals surface area (Å²) in [6.45, 7) is 2.04. The summed E-state index contributed by atoms with van der Waals surface area (Å²) in [5.41, 5.74) is 3.14. The maximum Gasteiger partial charge on any atom is 0.137 e. The van der Waals surface area contributed by atoms with Crippen molar-refractivity contribution in [1.29, 1.82) is 0 Å². The average Bonchev–Trinajstić information content (AvgIpc) is 2.40. The molecular formula is C15H13BrCl2O. The summed E-state index contributed by atoms with van der Waals surface area (Å²) in [5.74, 6) is 0.651. The fourth-order valence-corrected chi connectivity index (χ4v) is 3.07. The third kappa shape index (κ3) is 3.25. The average molecular weight is 360 g/mol. The van der Waals surface area contributed by atoms with Gasteiger partial charge in [-0.15, -0.1) is 11.6 Å². The molecule has 0 aliphatic heterocycles. The van der Waals surface area contributed by atoms with Crippen LogP contribution >= 0.6 is 39.1 Å². The molecule has 0 amide bonds. The Bertz CT molecular complexity index is 599. The van der Waals surface area contributed by atoms with Crippen LogP contribution in [0.25, 0.3) is 0 Å². The minimum absolute atomic E-state index is 0.252. The number of rotatable bonds is 3. The van der Waals surface area contributed by atoms with Crippen molar-refractivity contribution in [3.8, 4) is 5.75 Å². The molecule has 0 fully saturated rings. The number of ether oxygens (including phenoxy) is 1. The Kier molecular flexibility index (Phi) is 4.77. The van der Waals surface area contributed by atoms with Gasteiger partial charge in [-0.2, -0.15) is 0 Å². The topological polar surface area (TPSA) is 9.23 Å². The van der Waals surface area contributed by atoms with Crippen LogP contribution in [0.5, 0.6) is 5.75 Å². The van der Waals surface area contributed by atoms with E-state index in [1.807, 2.05) is 37.3 Å². The second kappa shape index (κ2) is 6.17. The van der Waals surface area contributed by atoms with Gasteiger partial charge in [0, 0.05) is 4.47 Å². The molecule has 2 aromatic carbocycles. The molecule has 19 heavy (non-hydrogen) atoms. The minimum atomic E-state index is -0.252. The molecule has 0 aliphatic carbocycles. The molecule has 4 heteroatoms. The normalized spacial score (nSPS) is 12.3. The van der Waals surface area contributed by atoms with E-state index in [-0.39, 0.29) is 5.38 Å². The highest BCUT2D eigenvalue weighted by Crippen LogP contribution is 2.37. The summed E-state index contributed by atoms with van der Waals surface area (Å²) < 4.78 is 6.13. The zero-order valence-electron chi connectivity index (χ0n) is 10.6. The van der Waals surface area contributed by atoms with E-state index in [1.54, 1.807) is 7.11 Å². The lowest BCUT2D eigenvalue weighted by Gasteiger charge is -2.14. The van der Waals surface area contributed by atoms with Crippen molar-refractivity contribution in [1.82, 2.24) is 0 Å². The van der Waals surface area contributed by atoms with E-state index in [2.05, 4.69) is 22.0 Å². The molecular weight excluding hydrogens is 347 g/mol. The van der Waals surface area contributed by atoms with Crippen molar-refractivity contribution >= 4 is 39.1 Å². The van der Waals surface area contributed by atoms with E-state index in [1.165, 1.54) is 5.56 Å². The van der Waals surface area contributed by atoms with E-state index in [9.17, 15) is 0 Å². The minimum Gasteiger partial charge on any atom is -0.495 e. The van der Waals surface area contributed by atoms with E-state index in [0.29, 0.717) is 10.8 Å². The van der Waals surface area contributed by atoms with Crippen LogP contribution in [-0.4, -0.2) is 7.11 Å². The molecule has 2 rings (SSSR count). The molecule has 0 saturated heterocycles. The highest BCUT2D eigenvalue weighted by atomic mass is 79.9. The van der Waals surface area contributed by atoms with Gasteiger partial charge in [-0.25, -0.2) is 0 Å². The summed E-state index contributed by atoms with van der Waals surface area (Å²) in [4.78, 5) is 0. The Balaban J connectivity index is 2.41. The number of alkyl halides is 1. The highest BCUT2D eigenvalue weighted by Gasteiger charge is 2.15. The molecule has 2 aromatic rings. The van der Waals surface area contributed by atoms with E-state index < -0.39 is 0 Å². The van der Waals surface area contributed by atoms with Crippen LogP contribution in [0.15, 0.2) is 40.9 Å². The molecule has 1 nitrogen and oxygen atoms in total. The van der Waals surface area contributed by atoms with Crippen molar-refractivity contribution in [2.75, 3.05) is 7.11 Å². The first-order valence-electron chi connectivity index (χ1n) is 5.76. The molecule has 1 atom stereocenters. The molecule has 1 unspecified atom stereocenters. The number of halogens is 3. The Morgan fingerprint density at radius 3 is 2.53 bits per heavy atom. The van der Waals surface area contributed by atoms with Gasteiger partial charge in [-0.05, 0) is 36.2 Å². The van der Waals surface area contributed by atoms with Crippen molar-refractivity contribution in [2.45, 2.75) is 12.3 Å². The smallest absolute Gasteiger partial charge is 0.137 e. The number of methoxy groups -OCH3 is 1. The largest absolute Gasteiger partial charge is 0.495 e. The molecule has 100 valence electrons. The predicted octanol–water partition coefficient (Wildman–Crippen LogP) is 5.75. The van der Waals surface area contributed by atoms with Gasteiger partial charge >= 0.3 is 0 Å². The van der Waals surface area contributed by atoms with E-state index in [4.69, 9.17) is 27.9 Å². The fraction of sp³-hybridized carbons (Fsp3) is 0.200. The van der Waals surface area contributed by atoms with Crippen LogP contribution in [0.1, 0.15) is 22.1 Å². The van der Waals surface area contributed by atoms with Gasteiger partial charge in [0.1, 0.15) is 5.75 Å². The Morgan fingerprint density at radius 2 is 1.89 bits per heavy atom. The predicted molar refractivity (Wildman–Crippen MR) is 84.6 cm³/mol. The fourth-order valence-electron chi connectivity index (χ4n) is 1.88. The van der Waals surface area contributed by atoms with E-state index >= 15 is 0 Å². The van der Waals surface area contributed by atoms with Crippen molar-refractivity contribution in [3.63, 3.8) is 0 Å². The molecule has 0 aromatic heterocycles. The third-order valence-corrected chi connectivity index (χ3v) is 4.40. The molecule has 0 spiro atoms. The highest BCUT2D eigenvalue weighted by molar-refractivity contribution is 9.10. The van der Waals surface area contributed by atoms with Gasteiger partial charge in [0.15, 0.2) is 0 Å². The van der Waals surface area contributed by atoms with Crippen LogP contribution in [0.4, 0.5) is 0 Å². The second-order valence-electron chi connectivity index (χ2n) is 4.28. The first kappa shape index (κ1) is 14.7. The van der Waals surface area contributed by atoms with Gasteiger partial charge in [-0.1, -0.05) is 51.3 Å². The van der Waals surface area contributed by atoms with E-state index in [0.717, 1.165) is 15.6 Å². The third-order valence-electron chi connectivity index (χ3n) is 2.89. The van der Waals surface area contributed by atoms with Crippen LogP contribution in [-0.2, 0) is 0 Å². The molecule has 0 heterocycles. The van der Waals surface area contributed by atoms with Crippen LogP contribution in [0.2, 0.25) is 5.02 Å². The second-order valence-corrected chi connectivity index (χ2v) is 5.98. The monoisotopic (exact) mass is 358 g/mol. The first-order chi connectivity index (χ1) is 9.02. The maximum absolute atomic E-state index is 6.55. The lowest BCUT2D eigenvalue weighted by molar-refractivity contribution is 0.415. The Labute approximate surface area is 131 Å². The summed E-state index contributed by atoms with van der Waals surface area (Å²) in [5, 5.41) is 0.312. The molecule has 0 bridgehead atoms. The first-order valence-corrected chi connectivity index (χ1v) is 7.37. The number of aryl methyl sites for hydroxylation is 1. The maximum atomic E-state index is 6.55. The molecule has 0 aliphatic rings. The number of benzene rings is 2. The Hall–Kier alpha value is -0.700. The molecule has 0 saturated carbocycles. The van der Waals surface area contributed by atoms with Crippen molar-refractivity contribution in [3.05, 3.63) is 62.6 Å². The lowest BCUT2D eigenvalue weighted by atomic mass is 10.0. The lowest BCUT2D eigenvalue weighted by Crippen LogP contribution is -1.96. The SMILES string of the molecule is COc1ccc(C(Cl)c2cc(C)ccc2Br)cc1Cl. The van der Waals surface area contributed by atoms with Crippen molar-refractivity contribution < 1.29 is 4.74 Å². The number of hydrogen-bond acceptors (Lipinski definition) is 1. The summed E-state index contributed by atoms with van der Waals surface area (Å²) in [6.07, 6.45) is 0. The van der Waals surface area contributed by atoms with Gasteiger partial charge in [0.2, 0.25) is 0 Å². The van der Waals surface area contributed by atoms with Gasteiger partial charge in [-0.3, -0.25) is 0 Å². The van der Waals surface area contributed by atoms with Gasteiger partial charge in [0.25, 0.3) is 0 Å².